The van der Waals surface area contributed by atoms with Gasteiger partial charge in [-0.3, -0.25) is 4.79 Å². The van der Waals surface area contributed by atoms with Crippen LogP contribution in [0.2, 0.25) is 0 Å². The van der Waals surface area contributed by atoms with Crippen LogP contribution in [0.15, 0.2) is 16.8 Å². The predicted octanol–water partition coefficient (Wildman–Crippen LogP) is 2.03. The molecular formula is C12H16N2OS. The molecule has 0 aliphatic carbocycles. The number of nitrogens with zero attached hydrogens (tertiary/aromatic N) is 1. The van der Waals surface area contributed by atoms with Crippen LogP contribution in [0.1, 0.15) is 12.8 Å². The number of amides is 1. The molecule has 3 nitrogen and oxygen atoms in total. The summed E-state index contributed by atoms with van der Waals surface area (Å²) in [7, 11) is 0. The topological polar surface area (TPSA) is 32.3 Å². The molecule has 0 radical (unpaired) electrons. The minimum absolute atomic E-state index is 0.211. The molecule has 0 spiro atoms. The highest BCUT2D eigenvalue weighted by atomic mass is 32.1. The zero-order chi connectivity index (χ0) is 11.0. The van der Waals surface area contributed by atoms with Crippen LogP contribution >= 0.6 is 11.3 Å². The lowest BCUT2D eigenvalue weighted by molar-refractivity contribution is -0.125. The van der Waals surface area contributed by atoms with Crippen molar-refractivity contribution in [2.45, 2.75) is 12.8 Å². The van der Waals surface area contributed by atoms with Gasteiger partial charge in [-0.2, -0.15) is 11.3 Å². The maximum atomic E-state index is 12.1. The third-order valence-corrected chi connectivity index (χ3v) is 4.46. The smallest absolute Gasteiger partial charge is 0.229 e. The lowest BCUT2D eigenvalue weighted by Crippen LogP contribution is -2.51. The average Bonchev–Trinajstić information content (AvgIpc) is 2.83. The highest BCUT2D eigenvalue weighted by Gasteiger charge is 2.38. The molecule has 3 aliphatic rings. The molecule has 1 aromatic heterocycles. The Kier molecular flexibility index (Phi) is 2.69. The summed E-state index contributed by atoms with van der Waals surface area (Å²) in [6, 6.07) is 1.96. The summed E-state index contributed by atoms with van der Waals surface area (Å²) in [6.45, 7) is 3.33. The average molecular weight is 236 g/mol. The Hall–Kier alpha value is -0.870. The summed E-state index contributed by atoms with van der Waals surface area (Å²) in [5.41, 5.74) is 0.950. The van der Waals surface area contributed by atoms with Crippen molar-refractivity contribution in [3.05, 3.63) is 16.8 Å². The number of anilines is 1. The second-order valence-corrected chi connectivity index (χ2v) is 5.53. The van der Waals surface area contributed by atoms with E-state index in [0.717, 1.165) is 12.2 Å². The summed E-state index contributed by atoms with van der Waals surface area (Å²) in [5.74, 6) is 1.04. The van der Waals surface area contributed by atoms with E-state index in [9.17, 15) is 4.79 Å². The summed E-state index contributed by atoms with van der Waals surface area (Å²) >= 11 is 1.62. The van der Waals surface area contributed by atoms with E-state index < -0.39 is 0 Å². The fourth-order valence-corrected chi connectivity index (χ4v) is 3.42. The van der Waals surface area contributed by atoms with Crippen LogP contribution in [-0.2, 0) is 4.79 Å². The van der Waals surface area contributed by atoms with Gasteiger partial charge in [-0.15, -0.1) is 0 Å². The number of hydrogen-bond acceptors (Lipinski definition) is 3. The van der Waals surface area contributed by atoms with E-state index >= 15 is 0 Å². The van der Waals surface area contributed by atoms with Crippen molar-refractivity contribution >= 4 is 22.9 Å². The van der Waals surface area contributed by atoms with E-state index in [1.165, 1.54) is 25.9 Å². The molecule has 1 N–H and O–H groups in total. The number of hydrogen-bond donors (Lipinski definition) is 1. The van der Waals surface area contributed by atoms with Crippen LogP contribution in [-0.4, -0.2) is 30.4 Å². The van der Waals surface area contributed by atoms with Gasteiger partial charge in [-0.25, -0.2) is 0 Å². The quantitative estimate of drug-likeness (QED) is 0.852. The van der Waals surface area contributed by atoms with Crippen LogP contribution in [0, 0.1) is 11.8 Å². The van der Waals surface area contributed by atoms with Gasteiger partial charge in [0.15, 0.2) is 0 Å². The zero-order valence-corrected chi connectivity index (χ0v) is 10.0. The lowest BCUT2D eigenvalue weighted by Gasteiger charge is -2.43. The summed E-state index contributed by atoms with van der Waals surface area (Å²) in [6.07, 6.45) is 2.39. The van der Waals surface area contributed by atoms with Gasteiger partial charge in [0.1, 0.15) is 0 Å². The van der Waals surface area contributed by atoms with Crippen molar-refractivity contribution in [3.63, 3.8) is 0 Å². The molecule has 1 aromatic rings. The summed E-state index contributed by atoms with van der Waals surface area (Å²) < 4.78 is 0. The monoisotopic (exact) mass is 236 g/mol. The van der Waals surface area contributed by atoms with Crippen molar-refractivity contribution in [2.75, 3.05) is 25.0 Å². The molecule has 4 heteroatoms. The number of carbonyl (C=O) groups is 1. The fraction of sp³-hybridized carbons (Fsp3) is 0.583. The van der Waals surface area contributed by atoms with E-state index in [1.807, 2.05) is 16.8 Å². The Morgan fingerprint density at radius 1 is 1.44 bits per heavy atom. The second kappa shape index (κ2) is 4.18. The molecule has 1 unspecified atom stereocenters. The number of rotatable bonds is 2. The molecular weight excluding hydrogens is 220 g/mol. The van der Waals surface area contributed by atoms with Crippen molar-refractivity contribution < 1.29 is 4.79 Å². The van der Waals surface area contributed by atoms with Gasteiger partial charge >= 0.3 is 0 Å². The third-order valence-electron chi connectivity index (χ3n) is 3.78. The van der Waals surface area contributed by atoms with E-state index in [-0.39, 0.29) is 11.8 Å². The Morgan fingerprint density at radius 2 is 2.25 bits per heavy atom. The maximum Gasteiger partial charge on any atom is 0.229 e. The number of piperidine rings is 3. The number of fused-ring (bicyclic) bond motifs is 3. The Balaban J connectivity index is 1.67. The van der Waals surface area contributed by atoms with Crippen LogP contribution in [0.3, 0.4) is 0 Å². The molecule has 3 aliphatic heterocycles. The standard InChI is InChI=1S/C12H16N2OS/c15-12(13-10-3-6-16-8-10)11-7-14-4-1-9(11)2-5-14/h3,6,8-9,11H,1-2,4-5,7H2,(H,13,15). The highest BCUT2D eigenvalue weighted by molar-refractivity contribution is 7.08. The van der Waals surface area contributed by atoms with Crippen LogP contribution in [0.25, 0.3) is 0 Å². The molecule has 0 aromatic carbocycles. The van der Waals surface area contributed by atoms with Gasteiger partial charge in [0, 0.05) is 11.9 Å². The minimum Gasteiger partial charge on any atom is -0.325 e. The predicted molar refractivity (Wildman–Crippen MR) is 65.6 cm³/mol. The summed E-state index contributed by atoms with van der Waals surface area (Å²) in [5, 5.41) is 7.00. The van der Waals surface area contributed by atoms with Crippen LogP contribution in [0.5, 0.6) is 0 Å². The van der Waals surface area contributed by atoms with E-state index in [1.54, 1.807) is 11.3 Å². The molecule has 1 atom stereocenters. The van der Waals surface area contributed by atoms with Gasteiger partial charge in [0.2, 0.25) is 5.91 Å². The number of thiophene rings is 1. The second-order valence-electron chi connectivity index (χ2n) is 4.75. The van der Waals surface area contributed by atoms with Crippen molar-refractivity contribution in [1.29, 1.82) is 0 Å². The molecule has 86 valence electrons. The minimum atomic E-state index is 0.211. The molecule has 0 saturated carbocycles. The van der Waals surface area contributed by atoms with Crippen LogP contribution in [0.4, 0.5) is 5.69 Å². The SMILES string of the molecule is O=C(Nc1ccsc1)C1CN2CCC1CC2. The number of carbonyl (C=O) groups excluding carboxylic acids is 1. The molecule has 1 amide bonds. The molecule has 3 fully saturated rings. The first kappa shape index (κ1) is 10.3. The zero-order valence-electron chi connectivity index (χ0n) is 9.19. The Bertz CT molecular complexity index is 368. The van der Waals surface area contributed by atoms with Gasteiger partial charge in [-0.05, 0) is 43.3 Å². The number of nitrogens with one attached hydrogen (secondary N) is 1. The van der Waals surface area contributed by atoms with Crippen molar-refractivity contribution in [1.82, 2.24) is 4.90 Å². The van der Waals surface area contributed by atoms with Gasteiger partial charge in [0.05, 0.1) is 11.6 Å². The molecule has 16 heavy (non-hydrogen) atoms. The fourth-order valence-electron chi connectivity index (χ4n) is 2.83. The largest absolute Gasteiger partial charge is 0.325 e. The first-order chi connectivity index (χ1) is 7.83. The lowest BCUT2D eigenvalue weighted by atomic mass is 9.78. The molecule has 2 bridgehead atoms. The first-order valence-corrected chi connectivity index (χ1v) is 6.82. The Morgan fingerprint density at radius 3 is 2.81 bits per heavy atom. The van der Waals surface area contributed by atoms with Gasteiger partial charge in [0.25, 0.3) is 0 Å². The summed E-state index contributed by atoms with van der Waals surface area (Å²) in [4.78, 5) is 14.5. The molecule has 3 saturated heterocycles. The molecule has 4 heterocycles. The van der Waals surface area contributed by atoms with Crippen molar-refractivity contribution in [3.8, 4) is 0 Å². The van der Waals surface area contributed by atoms with E-state index in [4.69, 9.17) is 0 Å². The molecule has 4 rings (SSSR count). The highest BCUT2D eigenvalue weighted by Crippen LogP contribution is 2.33. The normalized spacial score (nSPS) is 32.6. The van der Waals surface area contributed by atoms with E-state index in [0.29, 0.717) is 5.92 Å². The Labute approximate surface area is 99.5 Å². The first-order valence-electron chi connectivity index (χ1n) is 5.88. The van der Waals surface area contributed by atoms with Crippen molar-refractivity contribution in [2.24, 2.45) is 11.8 Å². The van der Waals surface area contributed by atoms with Gasteiger partial charge in [-0.1, -0.05) is 0 Å². The van der Waals surface area contributed by atoms with Gasteiger partial charge < -0.3 is 10.2 Å². The third kappa shape index (κ3) is 1.87. The van der Waals surface area contributed by atoms with Crippen LogP contribution < -0.4 is 5.32 Å². The maximum absolute atomic E-state index is 12.1. The van der Waals surface area contributed by atoms with E-state index in [2.05, 4.69) is 10.2 Å².